The Hall–Kier alpha value is -2.89. The third kappa shape index (κ3) is 3.08. The maximum atomic E-state index is 5.88. The van der Waals surface area contributed by atoms with Gasteiger partial charge in [0.05, 0.1) is 11.9 Å². The number of nitrogens with zero attached hydrogens (tertiary/aromatic N) is 4. The molecular weight excluding hydrogens is 300 g/mol. The molecule has 24 heavy (non-hydrogen) atoms. The van der Waals surface area contributed by atoms with Crippen molar-refractivity contribution >= 4 is 11.5 Å². The van der Waals surface area contributed by atoms with Crippen LogP contribution in [-0.4, -0.2) is 26.5 Å². The zero-order valence-electron chi connectivity index (χ0n) is 13.6. The molecule has 0 saturated heterocycles. The molecule has 1 aliphatic carbocycles. The molecule has 6 nitrogen and oxygen atoms in total. The molecule has 1 fully saturated rings. The lowest BCUT2D eigenvalue weighted by atomic mass is 10.2. The number of benzene rings is 1. The Kier molecular flexibility index (Phi) is 3.65. The number of rotatable bonds is 5. The molecule has 0 atom stereocenters. The number of aromatic nitrogens is 4. The van der Waals surface area contributed by atoms with Crippen LogP contribution in [0.3, 0.4) is 0 Å². The van der Waals surface area contributed by atoms with Crippen molar-refractivity contribution in [3.8, 4) is 16.9 Å². The van der Waals surface area contributed by atoms with Crippen LogP contribution in [0.25, 0.3) is 16.9 Å². The fourth-order valence-corrected chi connectivity index (χ4v) is 2.61. The average molecular weight is 320 g/mol. The molecule has 3 aromatic rings. The van der Waals surface area contributed by atoms with Gasteiger partial charge in [-0.2, -0.15) is 0 Å². The SMILES string of the molecule is Cc1ccc(N)cc1-n1cc(-c2ccc(NCC3CC3)nc2)nn1. The summed E-state index contributed by atoms with van der Waals surface area (Å²) in [5.41, 5.74) is 10.3. The Balaban J connectivity index is 1.54. The van der Waals surface area contributed by atoms with E-state index in [0.29, 0.717) is 5.69 Å². The number of pyridine rings is 1. The van der Waals surface area contributed by atoms with Gasteiger partial charge in [-0.15, -0.1) is 5.10 Å². The first-order chi connectivity index (χ1) is 11.7. The first-order valence-electron chi connectivity index (χ1n) is 8.18. The number of nitrogen functional groups attached to an aromatic ring is 1. The Morgan fingerprint density at radius 3 is 2.88 bits per heavy atom. The van der Waals surface area contributed by atoms with E-state index in [1.54, 1.807) is 4.68 Å². The van der Waals surface area contributed by atoms with Gasteiger partial charge in [-0.05, 0) is 55.5 Å². The molecule has 0 amide bonds. The van der Waals surface area contributed by atoms with Gasteiger partial charge in [0.2, 0.25) is 0 Å². The Labute approximate surface area is 140 Å². The van der Waals surface area contributed by atoms with E-state index in [2.05, 4.69) is 20.6 Å². The normalized spacial score (nSPS) is 13.9. The van der Waals surface area contributed by atoms with Crippen LogP contribution in [0.4, 0.5) is 11.5 Å². The van der Waals surface area contributed by atoms with E-state index in [1.807, 2.05) is 49.6 Å². The maximum absolute atomic E-state index is 5.88. The fourth-order valence-electron chi connectivity index (χ4n) is 2.61. The highest BCUT2D eigenvalue weighted by Gasteiger charge is 2.20. The van der Waals surface area contributed by atoms with Crippen molar-refractivity contribution in [1.82, 2.24) is 20.0 Å². The first-order valence-corrected chi connectivity index (χ1v) is 8.18. The van der Waals surface area contributed by atoms with Crippen LogP contribution in [0.15, 0.2) is 42.7 Å². The minimum Gasteiger partial charge on any atom is -0.399 e. The summed E-state index contributed by atoms with van der Waals surface area (Å²) in [6.45, 7) is 3.04. The molecule has 0 radical (unpaired) electrons. The van der Waals surface area contributed by atoms with E-state index in [4.69, 9.17) is 5.73 Å². The van der Waals surface area contributed by atoms with Gasteiger partial charge in [0, 0.05) is 24.0 Å². The van der Waals surface area contributed by atoms with Gasteiger partial charge < -0.3 is 11.1 Å². The van der Waals surface area contributed by atoms with Gasteiger partial charge in [-0.1, -0.05) is 11.3 Å². The van der Waals surface area contributed by atoms with Crippen LogP contribution >= 0.6 is 0 Å². The van der Waals surface area contributed by atoms with Crippen molar-refractivity contribution in [1.29, 1.82) is 0 Å². The van der Waals surface area contributed by atoms with Crippen molar-refractivity contribution in [3.05, 3.63) is 48.3 Å². The summed E-state index contributed by atoms with van der Waals surface area (Å²) in [5.74, 6) is 1.73. The molecule has 4 rings (SSSR count). The third-order valence-corrected chi connectivity index (χ3v) is 4.30. The Bertz CT molecular complexity index is 848. The molecule has 122 valence electrons. The molecule has 0 unspecified atom stereocenters. The van der Waals surface area contributed by atoms with Gasteiger partial charge in [-0.3, -0.25) is 0 Å². The monoisotopic (exact) mass is 320 g/mol. The van der Waals surface area contributed by atoms with Gasteiger partial charge in [0.15, 0.2) is 0 Å². The second-order valence-electron chi connectivity index (χ2n) is 6.35. The quantitative estimate of drug-likeness (QED) is 0.706. The largest absolute Gasteiger partial charge is 0.399 e. The van der Waals surface area contributed by atoms with Gasteiger partial charge >= 0.3 is 0 Å². The van der Waals surface area contributed by atoms with Gasteiger partial charge in [0.1, 0.15) is 11.5 Å². The lowest BCUT2D eigenvalue weighted by molar-refractivity contribution is 0.799. The van der Waals surface area contributed by atoms with Crippen molar-refractivity contribution < 1.29 is 0 Å². The topological polar surface area (TPSA) is 81.6 Å². The van der Waals surface area contributed by atoms with E-state index >= 15 is 0 Å². The Morgan fingerprint density at radius 2 is 2.12 bits per heavy atom. The fraction of sp³-hybridized carbons (Fsp3) is 0.278. The summed E-state index contributed by atoms with van der Waals surface area (Å²) in [6, 6.07) is 9.77. The summed E-state index contributed by atoms with van der Waals surface area (Å²) in [4.78, 5) is 4.46. The minimum atomic E-state index is 0.709. The van der Waals surface area contributed by atoms with Crippen molar-refractivity contribution in [2.45, 2.75) is 19.8 Å². The van der Waals surface area contributed by atoms with E-state index in [1.165, 1.54) is 12.8 Å². The second kappa shape index (κ2) is 5.96. The zero-order chi connectivity index (χ0) is 16.5. The van der Waals surface area contributed by atoms with E-state index in [0.717, 1.165) is 40.8 Å². The first kappa shape index (κ1) is 14.7. The molecule has 0 spiro atoms. The van der Waals surface area contributed by atoms with Crippen LogP contribution in [0.2, 0.25) is 0 Å². The number of nitrogens with one attached hydrogen (secondary N) is 1. The van der Waals surface area contributed by atoms with Gasteiger partial charge in [-0.25, -0.2) is 9.67 Å². The smallest absolute Gasteiger partial charge is 0.125 e. The van der Waals surface area contributed by atoms with Crippen LogP contribution in [0.5, 0.6) is 0 Å². The average Bonchev–Trinajstić information content (AvgIpc) is 3.30. The number of aryl methyl sites for hydroxylation is 1. The third-order valence-electron chi connectivity index (χ3n) is 4.30. The standard InChI is InChI=1S/C18H20N6/c1-12-2-6-15(19)8-17(12)24-11-16(22-23-24)14-5-7-18(21-10-14)20-9-13-3-4-13/h2,5-8,10-11,13H,3-4,9,19H2,1H3,(H,20,21). The molecular formula is C18H20N6. The Morgan fingerprint density at radius 1 is 1.25 bits per heavy atom. The summed E-state index contributed by atoms with van der Waals surface area (Å²) < 4.78 is 1.75. The minimum absolute atomic E-state index is 0.709. The number of hydrogen-bond acceptors (Lipinski definition) is 5. The highest BCUT2D eigenvalue weighted by molar-refractivity contribution is 5.60. The van der Waals surface area contributed by atoms with E-state index in [9.17, 15) is 0 Å². The number of nitrogens with two attached hydrogens (primary N) is 1. The molecule has 0 aliphatic heterocycles. The lowest BCUT2D eigenvalue weighted by Gasteiger charge is -2.05. The highest BCUT2D eigenvalue weighted by Crippen LogP contribution is 2.29. The molecule has 1 saturated carbocycles. The summed E-state index contributed by atoms with van der Waals surface area (Å²) in [6.07, 6.45) is 6.39. The van der Waals surface area contributed by atoms with Crippen LogP contribution < -0.4 is 11.1 Å². The summed E-state index contributed by atoms with van der Waals surface area (Å²) in [5, 5.41) is 11.8. The molecule has 3 N–H and O–H groups in total. The van der Waals surface area contributed by atoms with Crippen LogP contribution in [0, 0.1) is 12.8 Å². The molecule has 1 aliphatic rings. The van der Waals surface area contributed by atoms with Crippen LogP contribution in [0.1, 0.15) is 18.4 Å². The predicted octanol–water partition coefficient (Wildman–Crippen LogP) is 3.04. The maximum Gasteiger partial charge on any atom is 0.125 e. The number of anilines is 2. The molecule has 1 aromatic carbocycles. The van der Waals surface area contributed by atoms with Crippen molar-refractivity contribution in [2.24, 2.45) is 5.92 Å². The van der Waals surface area contributed by atoms with Crippen LogP contribution in [-0.2, 0) is 0 Å². The van der Waals surface area contributed by atoms with Gasteiger partial charge in [0.25, 0.3) is 0 Å². The molecule has 6 heteroatoms. The molecule has 2 heterocycles. The van der Waals surface area contributed by atoms with E-state index < -0.39 is 0 Å². The van der Waals surface area contributed by atoms with Crippen molar-refractivity contribution in [3.63, 3.8) is 0 Å². The van der Waals surface area contributed by atoms with E-state index in [-0.39, 0.29) is 0 Å². The summed E-state index contributed by atoms with van der Waals surface area (Å²) >= 11 is 0. The molecule has 2 aromatic heterocycles. The zero-order valence-corrected chi connectivity index (χ0v) is 13.6. The lowest BCUT2D eigenvalue weighted by Crippen LogP contribution is -2.04. The summed E-state index contributed by atoms with van der Waals surface area (Å²) in [7, 11) is 0. The predicted molar refractivity (Wildman–Crippen MR) is 95.0 cm³/mol. The second-order valence-corrected chi connectivity index (χ2v) is 6.35. The number of hydrogen-bond donors (Lipinski definition) is 2. The van der Waals surface area contributed by atoms with Crippen molar-refractivity contribution in [2.75, 3.05) is 17.6 Å². The molecule has 0 bridgehead atoms. The highest BCUT2D eigenvalue weighted by atomic mass is 15.4.